The van der Waals surface area contributed by atoms with E-state index in [9.17, 15) is 9.59 Å². The van der Waals surface area contributed by atoms with Crippen molar-refractivity contribution in [1.82, 2.24) is 10.3 Å². The number of hydrogen-bond donors (Lipinski definition) is 4. The molecule has 5 rings (SSSR count). The van der Waals surface area contributed by atoms with Gasteiger partial charge in [0.1, 0.15) is 23.5 Å². The Kier molecular flexibility index (Phi) is 8.40. The maximum absolute atomic E-state index is 14.2. The largest absolute Gasteiger partial charge is 0.494 e. The van der Waals surface area contributed by atoms with Gasteiger partial charge in [0.25, 0.3) is 0 Å². The summed E-state index contributed by atoms with van der Waals surface area (Å²) < 4.78 is 11.0. The maximum atomic E-state index is 14.2. The molecule has 4 N–H and O–H groups in total. The van der Waals surface area contributed by atoms with Crippen LogP contribution in [0.4, 0.5) is 11.4 Å². The van der Waals surface area contributed by atoms with Gasteiger partial charge in [-0.15, -0.1) is 0 Å². The first-order chi connectivity index (χ1) is 20.0. The van der Waals surface area contributed by atoms with Crippen molar-refractivity contribution in [3.8, 4) is 11.5 Å². The molecule has 0 saturated carbocycles. The number of aliphatic hydroxyl groups is 1. The average molecular weight is 614 g/mol. The summed E-state index contributed by atoms with van der Waals surface area (Å²) in [7, 11) is 1.49. The van der Waals surface area contributed by atoms with Crippen molar-refractivity contribution in [3.05, 3.63) is 76.0 Å². The van der Waals surface area contributed by atoms with Gasteiger partial charge in [-0.2, -0.15) is 0 Å². The van der Waals surface area contributed by atoms with E-state index in [0.717, 1.165) is 5.56 Å². The number of amides is 2. The third-order valence-electron chi connectivity index (χ3n) is 7.72. The van der Waals surface area contributed by atoms with E-state index in [4.69, 9.17) is 42.8 Å². The highest BCUT2D eigenvalue weighted by atomic mass is 35.5. The smallest absolute Gasteiger partial charge is 0.242 e. The first-order valence-electron chi connectivity index (χ1n) is 13.7. The van der Waals surface area contributed by atoms with E-state index in [-0.39, 0.29) is 30.4 Å². The summed E-state index contributed by atoms with van der Waals surface area (Å²) in [6.07, 6.45) is 2.11. The number of carbonyl (C=O) groups excluding carboxylic acids is 2. The lowest BCUT2D eigenvalue weighted by Gasteiger charge is -2.36. The van der Waals surface area contributed by atoms with Crippen LogP contribution in [0.3, 0.4) is 0 Å². The molecule has 2 amide bonds. The van der Waals surface area contributed by atoms with Gasteiger partial charge in [-0.3, -0.25) is 14.6 Å². The molecule has 1 fully saturated rings. The predicted molar refractivity (Wildman–Crippen MR) is 163 cm³/mol. The number of ether oxygens (including phenoxy) is 2. The number of nitrogens with one attached hydrogen (secondary N) is 3. The molecule has 11 heteroatoms. The number of aromatic nitrogens is 1. The lowest BCUT2D eigenvalue weighted by atomic mass is 9.64. The van der Waals surface area contributed by atoms with Crippen LogP contribution in [-0.2, 0) is 15.0 Å². The summed E-state index contributed by atoms with van der Waals surface area (Å²) in [5.74, 6) is -0.401. The SMILES string of the molecule is COc1cc(OCCO)ccc1NC(=O)C1NC(CC(C)(C)C)C2(C(=O)Nc3cc(Cl)cnc32)C1c1cccc(Cl)c1. The Bertz CT molecular complexity index is 1510. The van der Waals surface area contributed by atoms with Gasteiger partial charge >= 0.3 is 0 Å². The summed E-state index contributed by atoms with van der Waals surface area (Å²) in [5.41, 5.74) is 0.804. The van der Waals surface area contributed by atoms with Crippen molar-refractivity contribution in [3.63, 3.8) is 0 Å². The summed E-state index contributed by atoms with van der Waals surface area (Å²) in [5, 5.41) is 19.5. The highest BCUT2D eigenvalue weighted by Gasteiger charge is 2.66. The zero-order valence-corrected chi connectivity index (χ0v) is 25.3. The molecule has 9 nitrogen and oxygen atoms in total. The third kappa shape index (κ3) is 5.54. The van der Waals surface area contributed by atoms with Crippen molar-refractivity contribution in [2.45, 2.75) is 50.6 Å². The Morgan fingerprint density at radius 3 is 2.62 bits per heavy atom. The lowest BCUT2D eigenvalue weighted by molar-refractivity contribution is -0.122. The first kappa shape index (κ1) is 30.1. The molecular weight excluding hydrogens is 579 g/mol. The van der Waals surface area contributed by atoms with Gasteiger partial charge in [0.2, 0.25) is 11.8 Å². The van der Waals surface area contributed by atoms with E-state index in [1.54, 1.807) is 36.4 Å². The fourth-order valence-electron chi connectivity index (χ4n) is 6.19. The van der Waals surface area contributed by atoms with Crippen molar-refractivity contribution >= 4 is 46.4 Å². The maximum Gasteiger partial charge on any atom is 0.242 e. The van der Waals surface area contributed by atoms with Crippen LogP contribution >= 0.6 is 23.2 Å². The number of carbonyl (C=O) groups is 2. The molecule has 1 spiro atoms. The van der Waals surface area contributed by atoms with Crippen LogP contribution in [0.5, 0.6) is 11.5 Å². The quantitative estimate of drug-likeness (QED) is 0.277. The van der Waals surface area contributed by atoms with Crippen LogP contribution in [0.15, 0.2) is 54.7 Å². The van der Waals surface area contributed by atoms with Gasteiger partial charge < -0.3 is 30.5 Å². The number of pyridine rings is 1. The molecule has 0 radical (unpaired) electrons. The molecule has 3 heterocycles. The number of halogens is 2. The molecule has 0 bridgehead atoms. The Labute approximate surface area is 254 Å². The monoisotopic (exact) mass is 612 g/mol. The Morgan fingerprint density at radius 1 is 1.14 bits per heavy atom. The van der Waals surface area contributed by atoms with Gasteiger partial charge in [0, 0.05) is 29.2 Å². The molecule has 3 aromatic rings. The van der Waals surface area contributed by atoms with E-state index in [1.807, 2.05) is 12.1 Å². The number of rotatable bonds is 8. The summed E-state index contributed by atoms with van der Waals surface area (Å²) in [6.45, 7) is 6.28. The molecular formula is C31H34Cl2N4O5. The Balaban J connectivity index is 1.63. The van der Waals surface area contributed by atoms with Crippen LogP contribution in [0, 0.1) is 5.41 Å². The molecule has 2 aliphatic heterocycles. The number of nitrogens with zero attached hydrogens (tertiary/aromatic N) is 1. The number of hydrogen-bond acceptors (Lipinski definition) is 7. The minimum absolute atomic E-state index is 0.127. The third-order valence-corrected chi connectivity index (χ3v) is 8.16. The van der Waals surface area contributed by atoms with Gasteiger partial charge in [0.15, 0.2) is 0 Å². The van der Waals surface area contributed by atoms with Gasteiger partial charge in [0.05, 0.1) is 41.8 Å². The molecule has 2 aromatic carbocycles. The molecule has 42 heavy (non-hydrogen) atoms. The Morgan fingerprint density at radius 2 is 1.93 bits per heavy atom. The highest BCUT2D eigenvalue weighted by Crippen LogP contribution is 2.56. The number of fused-ring (bicyclic) bond motifs is 2. The second-order valence-electron chi connectivity index (χ2n) is 11.8. The zero-order chi connectivity index (χ0) is 30.2. The van der Waals surface area contributed by atoms with Crippen LogP contribution in [0.1, 0.15) is 44.4 Å². The van der Waals surface area contributed by atoms with Gasteiger partial charge in [-0.1, -0.05) is 56.1 Å². The summed E-state index contributed by atoms with van der Waals surface area (Å²) in [4.78, 5) is 33.2. The Hall–Kier alpha value is -3.37. The zero-order valence-electron chi connectivity index (χ0n) is 23.8. The molecule has 1 aromatic heterocycles. The van der Waals surface area contributed by atoms with Crippen molar-refractivity contribution < 1.29 is 24.2 Å². The number of aliphatic hydroxyl groups excluding tert-OH is 1. The number of methoxy groups -OCH3 is 1. The van der Waals surface area contributed by atoms with E-state index in [2.05, 4.69) is 36.7 Å². The number of benzene rings is 2. The van der Waals surface area contributed by atoms with E-state index in [1.165, 1.54) is 13.3 Å². The molecule has 2 aliphatic rings. The molecule has 4 unspecified atom stereocenters. The predicted octanol–water partition coefficient (Wildman–Crippen LogP) is 5.16. The van der Waals surface area contributed by atoms with E-state index in [0.29, 0.717) is 45.0 Å². The molecule has 4 atom stereocenters. The average Bonchev–Trinajstić information content (AvgIpc) is 3.41. The summed E-state index contributed by atoms with van der Waals surface area (Å²) >= 11 is 12.7. The molecule has 1 saturated heterocycles. The van der Waals surface area contributed by atoms with E-state index < -0.39 is 23.4 Å². The van der Waals surface area contributed by atoms with Gasteiger partial charge in [-0.25, -0.2) is 0 Å². The van der Waals surface area contributed by atoms with E-state index >= 15 is 0 Å². The fraction of sp³-hybridized carbons (Fsp3) is 0.387. The topological polar surface area (TPSA) is 122 Å². The van der Waals surface area contributed by atoms with Crippen LogP contribution in [0.2, 0.25) is 10.0 Å². The van der Waals surface area contributed by atoms with Crippen molar-refractivity contribution in [2.24, 2.45) is 5.41 Å². The van der Waals surface area contributed by atoms with Crippen molar-refractivity contribution in [2.75, 3.05) is 31.0 Å². The number of anilines is 2. The van der Waals surface area contributed by atoms with Gasteiger partial charge in [-0.05, 0) is 47.7 Å². The van der Waals surface area contributed by atoms with Crippen LogP contribution in [0.25, 0.3) is 0 Å². The minimum atomic E-state index is -1.23. The van der Waals surface area contributed by atoms with Crippen LogP contribution < -0.4 is 25.4 Å². The first-order valence-corrected chi connectivity index (χ1v) is 14.4. The summed E-state index contributed by atoms with van der Waals surface area (Å²) in [6, 6.07) is 12.6. The van der Waals surface area contributed by atoms with Crippen LogP contribution in [-0.4, -0.2) is 54.3 Å². The second-order valence-corrected chi connectivity index (χ2v) is 12.7. The highest BCUT2D eigenvalue weighted by molar-refractivity contribution is 6.31. The normalized spacial score (nSPS) is 23.0. The lowest BCUT2D eigenvalue weighted by Crippen LogP contribution is -2.50. The van der Waals surface area contributed by atoms with Crippen molar-refractivity contribution in [1.29, 1.82) is 0 Å². The minimum Gasteiger partial charge on any atom is -0.494 e. The second kappa shape index (κ2) is 11.7. The molecule has 0 aliphatic carbocycles. The molecule has 222 valence electrons. The fourth-order valence-corrected chi connectivity index (χ4v) is 6.54. The standard InChI is InChI=1S/C31H34Cl2N4O5/c1-30(2,3)15-24-31(27-22(36-29(31)40)13-19(33)16-34-27)25(17-6-5-7-18(32)12-17)26(37-24)28(39)35-21-9-8-20(42-11-10-38)14-23(21)41-4/h5-9,12-14,16,24-26,37-38H,10-11,15H2,1-4H3,(H,35,39)(H,36,40).